The van der Waals surface area contributed by atoms with Gasteiger partial charge in [-0.3, -0.25) is 9.98 Å². The van der Waals surface area contributed by atoms with Gasteiger partial charge < -0.3 is 10.7 Å². The molecular weight excluding hydrogens is 370 g/mol. The smallest absolute Gasteiger partial charge is 0.0977 e. The molecule has 0 aliphatic heterocycles. The number of rotatable bonds is 5. The maximum absolute atomic E-state index is 6.04. The lowest BCUT2D eigenvalue weighted by atomic mass is 9.91. The van der Waals surface area contributed by atoms with Crippen molar-refractivity contribution in [1.82, 2.24) is 15.0 Å². The number of nitrogens with zero attached hydrogens (tertiary/aromatic N) is 3. The molecule has 0 saturated heterocycles. The number of hydrogen-bond acceptors (Lipinski definition) is 4. The lowest BCUT2D eigenvalue weighted by Gasteiger charge is -2.18. The Balaban J connectivity index is 1.76. The van der Waals surface area contributed by atoms with Crippen molar-refractivity contribution in [1.29, 1.82) is 0 Å². The highest BCUT2D eigenvalue weighted by Gasteiger charge is 2.15. The van der Waals surface area contributed by atoms with Crippen LogP contribution in [-0.4, -0.2) is 26.7 Å². The summed E-state index contributed by atoms with van der Waals surface area (Å²) in [6.07, 6.45) is 12.8. The number of H-pyrrole nitrogens is 1. The van der Waals surface area contributed by atoms with Crippen molar-refractivity contribution < 1.29 is 0 Å². The van der Waals surface area contributed by atoms with E-state index in [0.29, 0.717) is 0 Å². The van der Waals surface area contributed by atoms with Crippen LogP contribution < -0.4 is 5.73 Å². The second kappa shape index (κ2) is 8.59. The summed E-state index contributed by atoms with van der Waals surface area (Å²) >= 11 is 0. The van der Waals surface area contributed by atoms with E-state index >= 15 is 0 Å². The van der Waals surface area contributed by atoms with E-state index < -0.39 is 0 Å². The summed E-state index contributed by atoms with van der Waals surface area (Å²) in [7, 11) is 0. The van der Waals surface area contributed by atoms with Crippen molar-refractivity contribution in [2.45, 2.75) is 39.2 Å². The van der Waals surface area contributed by atoms with E-state index in [2.05, 4.69) is 50.8 Å². The lowest BCUT2D eigenvalue weighted by Crippen LogP contribution is -2.21. The zero-order valence-corrected chi connectivity index (χ0v) is 17.5. The fraction of sp³-hybridized carbons (Fsp3) is 0.240. The molecule has 4 rings (SSSR count). The van der Waals surface area contributed by atoms with Crippen LogP contribution in [0.15, 0.2) is 72.3 Å². The van der Waals surface area contributed by atoms with Gasteiger partial charge in [0.2, 0.25) is 0 Å². The first-order valence-electron chi connectivity index (χ1n) is 10.3. The molecule has 0 spiro atoms. The fourth-order valence-corrected chi connectivity index (χ4v) is 3.82. The maximum atomic E-state index is 6.04. The number of nitrogens with one attached hydrogen (secondary N) is 1. The predicted molar refractivity (Wildman–Crippen MR) is 125 cm³/mol. The van der Waals surface area contributed by atoms with Crippen LogP contribution >= 0.6 is 0 Å². The van der Waals surface area contributed by atoms with E-state index in [1.54, 1.807) is 6.33 Å². The standard InChI is InChI=1S/C25H27N5/c1-4-5-23(30-16(2)3)25-24(28-15-29-25)18-8-11-22-19(12-18)13-20(14-27-22)17-6-9-21(26)10-7-17/h4-6,8,11-15,21H,2,7,9-10,26H2,1,3H3,(H,28,29)/b5-4-,30-23?. The average Bonchev–Trinajstić information content (AvgIpc) is 3.23. The molecule has 0 fully saturated rings. The summed E-state index contributed by atoms with van der Waals surface area (Å²) in [5.41, 5.74) is 13.8. The van der Waals surface area contributed by atoms with Gasteiger partial charge in [0.05, 0.1) is 28.9 Å². The van der Waals surface area contributed by atoms with Crippen LogP contribution in [-0.2, 0) is 0 Å². The molecule has 1 unspecified atom stereocenters. The second-order valence-corrected chi connectivity index (χ2v) is 7.75. The molecule has 3 N–H and O–H groups in total. The Bertz CT molecular complexity index is 1180. The minimum Gasteiger partial charge on any atom is -0.343 e. The van der Waals surface area contributed by atoms with Gasteiger partial charge in [0, 0.05) is 28.9 Å². The molecule has 1 aliphatic rings. The molecule has 2 aromatic heterocycles. The Labute approximate surface area is 177 Å². The molecule has 5 heteroatoms. The van der Waals surface area contributed by atoms with Crippen molar-refractivity contribution in [3.63, 3.8) is 0 Å². The zero-order chi connectivity index (χ0) is 21.1. The third kappa shape index (κ3) is 4.16. The number of allylic oxidation sites excluding steroid dienone is 4. The third-order valence-electron chi connectivity index (χ3n) is 5.31. The molecule has 1 atom stereocenters. The van der Waals surface area contributed by atoms with Crippen LogP contribution in [0.4, 0.5) is 0 Å². The first-order chi connectivity index (χ1) is 14.5. The van der Waals surface area contributed by atoms with Gasteiger partial charge in [-0.15, -0.1) is 0 Å². The number of hydrogen-bond donors (Lipinski definition) is 2. The van der Waals surface area contributed by atoms with E-state index in [4.69, 9.17) is 5.73 Å². The molecule has 30 heavy (non-hydrogen) atoms. The van der Waals surface area contributed by atoms with E-state index in [0.717, 1.165) is 58.5 Å². The molecular formula is C25H27N5. The average molecular weight is 398 g/mol. The SMILES string of the molecule is C=C(C)N=C(/C=C\C)c1[nH]cnc1-c1ccc2ncc(C3=CCC(N)CC3)cc2c1. The van der Waals surface area contributed by atoms with E-state index in [9.17, 15) is 0 Å². The van der Waals surface area contributed by atoms with Crippen molar-refractivity contribution in [3.8, 4) is 11.3 Å². The molecule has 0 saturated carbocycles. The molecule has 1 aliphatic carbocycles. The maximum Gasteiger partial charge on any atom is 0.0977 e. The number of benzene rings is 1. The summed E-state index contributed by atoms with van der Waals surface area (Å²) in [5.74, 6) is 0. The van der Waals surface area contributed by atoms with Crippen LogP contribution in [0.1, 0.15) is 44.4 Å². The van der Waals surface area contributed by atoms with Gasteiger partial charge in [0.1, 0.15) is 0 Å². The lowest BCUT2D eigenvalue weighted by molar-refractivity contribution is 0.614. The van der Waals surface area contributed by atoms with Crippen LogP contribution in [0.5, 0.6) is 0 Å². The Kier molecular flexibility index (Phi) is 5.72. The number of imidazole rings is 1. The number of aromatic nitrogens is 3. The highest BCUT2D eigenvalue weighted by Crippen LogP contribution is 2.30. The number of aromatic amines is 1. The quantitative estimate of drug-likeness (QED) is 0.564. The Morgan fingerprint density at radius 1 is 1.27 bits per heavy atom. The first kappa shape index (κ1) is 20.0. The zero-order valence-electron chi connectivity index (χ0n) is 17.5. The van der Waals surface area contributed by atoms with Crippen LogP contribution in [0, 0.1) is 0 Å². The number of pyridine rings is 1. The molecule has 152 valence electrons. The molecule has 1 aromatic carbocycles. The molecule has 5 nitrogen and oxygen atoms in total. The summed E-state index contributed by atoms with van der Waals surface area (Å²) in [6.45, 7) is 7.77. The third-order valence-corrected chi connectivity index (χ3v) is 5.31. The largest absolute Gasteiger partial charge is 0.343 e. The normalized spacial score (nSPS) is 17.5. The first-order valence-corrected chi connectivity index (χ1v) is 10.3. The van der Waals surface area contributed by atoms with Crippen LogP contribution in [0.3, 0.4) is 0 Å². The van der Waals surface area contributed by atoms with Crippen molar-refractivity contribution >= 4 is 22.2 Å². The molecule has 3 aromatic rings. The van der Waals surface area contributed by atoms with E-state index in [1.165, 1.54) is 11.1 Å². The monoisotopic (exact) mass is 397 g/mol. The van der Waals surface area contributed by atoms with Crippen molar-refractivity contribution in [3.05, 3.63) is 78.6 Å². The summed E-state index contributed by atoms with van der Waals surface area (Å²) < 4.78 is 0. The van der Waals surface area contributed by atoms with Gasteiger partial charge in [-0.1, -0.05) is 24.8 Å². The Hall–Kier alpha value is -3.31. The highest BCUT2D eigenvalue weighted by molar-refractivity contribution is 6.11. The Morgan fingerprint density at radius 2 is 2.10 bits per heavy atom. The van der Waals surface area contributed by atoms with Gasteiger partial charge in [-0.2, -0.15) is 0 Å². The van der Waals surface area contributed by atoms with Crippen molar-refractivity contribution in [2.24, 2.45) is 10.7 Å². The number of fused-ring (bicyclic) bond motifs is 1. The van der Waals surface area contributed by atoms with E-state index in [1.807, 2.05) is 38.3 Å². The van der Waals surface area contributed by atoms with Gasteiger partial charge in [0.25, 0.3) is 0 Å². The van der Waals surface area contributed by atoms with Crippen LogP contribution in [0.25, 0.3) is 27.7 Å². The predicted octanol–water partition coefficient (Wildman–Crippen LogP) is 5.42. The number of nitrogens with two attached hydrogens (primary N) is 1. The molecule has 0 amide bonds. The molecule has 0 bridgehead atoms. The van der Waals surface area contributed by atoms with Crippen LogP contribution in [0.2, 0.25) is 0 Å². The molecule has 2 heterocycles. The summed E-state index contributed by atoms with van der Waals surface area (Å²) in [6, 6.07) is 8.74. The Morgan fingerprint density at radius 3 is 2.83 bits per heavy atom. The topological polar surface area (TPSA) is 80.0 Å². The van der Waals surface area contributed by atoms with Gasteiger partial charge in [0.15, 0.2) is 0 Å². The molecule has 0 radical (unpaired) electrons. The second-order valence-electron chi connectivity index (χ2n) is 7.75. The summed E-state index contributed by atoms with van der Waals surface area (Å²) in [5, 5.41) is 1.10. The van der Waals surface area contributed by atoms with Gasteiger partial charge in [-0.25, -0.2) is 4.98 Å². The summed E-state index contributed by atoms with van der Waals surface area (Å²) in [4.78, 5) is 17.1. The van der Waals surface area contributed by atoms with E-state index in [-0.39, 0.29) is 6.04 Å². The fourth-order valence-electron chi connectivity index (χ4n) is 3.82. The minimum absolute atomic E-state index is 0.277. The highest BCUT2D eigenvalue weighted by atomic mass is 14.9. The van der Waals surface area contributed by atoms with Gasteiger partial charge in [-0.05, 0) is 68.5 Å². The minimum atomic E-state index is 0.277. The number of aliphatic imine (C=N–C) groups is 1. The van der Waals surface area contributed by atoms with Gasteiger partial charge >= 0.3 is 0 Å². The van der Waals surface area contributed by atoms with Crippen molar-refractivity contribution in [2.75, 3.05) is 0 Å².